The number of rotatable bonds is 7. The molecule has 3 rings (SSSR count). The van der Waals surface area contributed by atoms with E-state index in [1.807, 2.05) is 13.0 Å². The van der Waals surface area contributed by atoms with Crippen LogP contribution in [0.25, 0.3) is 0 Å². The van der Waals surface area contributed by atoms with Crippen molar-refractivity contribution in [3.05, 3.63) is 87.4 Å². The van der Waals surface area contributed by atoms with Crippen LogP contribution >= 0.6 is 23.2 Å². The number of anilines is 2. The molecule has 7 nitrogen and oxygen atoms in total. The molecule has 0 atom stereocenters. The minimum atomic E-state index is -4.06. The first-order chi connectivity index (χ1) is 15.6. The van der Waals surface area contributed by atoms with Gasteiger partial charge in [-0.2, -0.15) is 0 Å². The van der Waals surface area contributed by atoms with Crippen LogP contribution in [0, 0.1) is 6.92 Å². The first-order valence-electron chi connectivity index (χ1n) is 9.78. The third-order valence-corrected chi connectivity index (χ3v) is 6.67. The average molecular weight is 507 g/mol. The van der Waals surface area contributed by atoms with E-state index >= 15 is 0 Å². The molecule has 0 bridgehead atoms. The van der Waals surface area contributed by atoms with E-state index in [-0.39, 0.29) is 38.4 Å². The molecule has 0 heterocycles. The van der Waals surface area contributed by atoms with Crippen LogP contribution in [-0.2, 0) is 14.8 Å². The summed E-state index contributed by atoms with van der Waals surface area (Å²) in [6.45, 7) is 3.67. The maximum atomic E-state index is 12.9. The number of amides is 1. The van der Waals surface area contributed by atoms with Gasteiger partial charge in [0.2, 0.25) is 0 Å². The number of carbonyl (C=O) groups is 2. The summed E-state index contributed by atoms with van der Waals surface area (Å²) in [4.78, 5) is 24.6. The van der Waals surface area contributed by atoms with Crippen molar-refractivity contribution in [3.8, 4) is 0 Å². The van der Waals surface area contributed by atoms with Gasteiger partial charge in [0.1, 0.15) is 4.90 Å². The van der Waals surface area contributed by atoms with E-state index in [0.29, 0.717) is 5.69 Å². The minimum absolute atomic E-state index is 0.0391. The molecule has 3 aromatic rings. The quantitative estimate of drug-likeness (QED) is 0.410. The van der Waals surface area contributed by atoms with Crippen LogP contribution in [0.4, 0.5) is 11.4 Å². The number of hydrogen-bond donors (Lipinski definition) is 2. The third-order valence-electron chi connectivity index (χ3n) is 4.47. The first kappa shape index (κ1) is 24.6. The molecule has 0 aromatic heterocycles. The van der Waals surface area contributed by atoms with Crippen LogP contribution < -0.4 is 10.0 Å². The molecule has 2 N–H and O–H groups in total. The summed E-state index contributed by atoms with van der Waals surface area (Å²) < 4.78 is 33.2. The Morgan fingerprint density at radius 3 is 2.36 bits per heavy atom. The zero-order valence-electron chi connectivity index (χ0n) is 17.7. The summed E-state index contributed by atoms with van der Waals surface area (Å²) in [5.74, 6) is -1.23. The van der Waals surface area contributed by atoms with Crippen molar-refractivity contribution in [2.75, 3.05) is 16.6 Å². The molecule has 172 valence electrons. The highest BCUT2D eigenvalue weighted by Crippen LogP contribution is 2.27. The van der Waals surface area contributed by atoms with Crippen molar-refractivity contribution < 1.29 is 22.7 Å². The molecular weight excluding hydrogens is 487 g/mol. The molecule has 10 heteroatoms. The monoisotopic (exact) mass is 506 g/mol. The fourth-order valence-corrected chi connectivity index (χ4v) is 4.71. The van der Waals surface area contributed by atoms with Gasteiger partial charge < -0.3 is 10.1 Å². The normalized spacial score (nSPS) is 11.0. The fourth-order valence-electron chi connectivity index (χ4n) is 2.94. The maximum Gasteiger partial charge on any atom is 0.339 e. The van der Waals surface area contributed by atoms with Crippen molar-refractivity contribution in [1.82, 2.24) is 0 Å². The van der Waals surface area contributed by atoms with Gasteiger partial charge in [0, 0.05) is 16.9 Å². The van der Waals surface area contributed by atoms with Crippen molar-refractivity contribution in [3.63, 3.8) is 0 Å². The Balaban J connectivity index is 1.86. The van der Waals surface area contributed by atoms with Crippen LogP contribution in [0.15, 0.2) is 65.6 Å². The standard InChI is InChI=1S/C23H20Cl2N2O5S/c1-3-32-23(29)18-13-16(8-10-19(18)24)26-22(28)15-7-9-20(25)21(12-15)33(30,31)27-17-6-4-5-14(2)11-17/h4-13,27H,3H2,1-2H3,(H,26,28). The van der Waals surface area contributed by atoms with Gasteiger partial charge in [-0.05, 0) is 67.9 Å². The molecule has 0 fully saturated rings. The Kier molecular flexibility index (Phi) is 7.63. The van der Waals surface area contributed by atoms with Crippen molar-refractivity contribution >= 4 is 56.5 Å². The maximum absolute atomic E-state index is 12.9. The lowest BCUT2D eigenvalue weighted by Crippen LogP contribution is -2.17. The summed E-state index contributed by atoms with van der Waals surface area (Å²) in [7, 11) is -4.06. The van der Waals surface area contributed by atoms with E-state index in [1.165, 1.54) is 36.4 Å². The lowest BCUT2D eigenvalue weighted by molar-refractivity contribution is 0.0526. The molecule has 0 radical (unpaired) electrons. The predicted octanol–water partition coefficient (Wildman–Crippen LogP) is 5.53. The van der Waals surface area contributed by atoms with Gasteiger partial charge in [-0.25, -0.2) is 13.2 Å². The fraction of sp³-hybridized carbons (Fsp3) is 0.130. The summed E-state index contributed by atoms with van der Waals surface area (Å²) in [5, 5.41) is 2.75. The zero-order valence-corrected chi connectivity index (χ0v) is 20.0. The molecular formula is C23H20Cl2N2O5S. The van der Waals surface area contributed by atoms with Crippen molar-refractivity contribution in [2.45, 2.75) is 18.7 Å². The molecule has 1 amide bonds. The number of halogens is 2. The van der Waals surface area contributed by atoms with Gasteiger partial charge in [0.05, 0.1) is 22.2 Å². The third kappa shape index (κ3) is 6.04. The van der Waals surface area contributed by atoms with Crippen LogP contribution in [0.1, 0.15) is 33.2 Å². The molecule has 33 heavy (non-hydrogen) atoms. The SMILES string of the molecule is CCOC(=O)c1cc(NC(=O)c2ccc(Cl)c(S(=O)(=O)Nc3cccc(C)c3)c2)ccc1Cl. The number of benzene rings is 3. The number of hydrogen-bond acceptors (Lipinski definition) is 5. The Hall–Kier alpha value is -3.07. The molecule has 0 saturated carbocycles. The lowest BCUT2D eigenvalue weighted by atomic mass is 10.1. The number of nitrogens with one attached hydrogen (secondary N) is 2. The van der Waals surface area contributed by atoms with E-state index in [9.17, 15) is 18.0 Å². The van der Waals surface area contributed by atoms with Crippen LogP contribution in [0.5, 0.6) is 0 Å². The van der Waals surface area contributed by atoms with Crippen LogP contribution in [0.2, 0.25) is 10.0 Å². The number of carbonyl (C=O) groups excluding carboxylic acids is 2. The molecule has 0 spiro atoms. The molecule has 3 aromatic carbocycles. The second-order valence-corrected chi connectivity index (χ2v) is 9.45. The molecule has 0 unspecified atom stereocenters. The highest BCUT2D eigenvalue weighted by Gasteiger charge is 2.21. The minimum Gasteiger partial charge on any atom is -0.462 e. The molecule has 0 aliphatic heterocycles. The molecule has 0 aliphatic rings. The van der Waals surface area contributed by atoms with Crippen molar-refractivity contribution in [1.29, 1.82) is 0 Å². The summed E-state index contributed by atoms with van der Waals surface area (Å²) in [5.41, 5.74) is 1.67. The Morgan fingerprint density at radius 2 is 1.67 bits per heavy atom. The highest BCUT2D eigenvalue weighted by atomic mass is 35.5. The highest BCUT2D eigenvalue weighted by molar-refractivity contribution is 7.92. The number of esters is 1. The zero-order chi connectivity index (χ0) is 24.2. The van der Waals surface area contributed by atoms with Crippen molar-refractivity contribution in [2.24, 2.45) is 0 Å². The summed E-state index contributed by atoms with van der Waals surface area (Å²) in [6, 6.07) is 15.1. The number of aryl methyl sites for hydroxylation is 1. The number of sulfonamides is 1. The van der Waals surface area contributed by atoms with E-state index < -0.39 is 21.9 Å². The van der Waals surface area contributed by atoms with Gasteiger partial charge >= 0.3 is 5.97 Å². The summed E-state index contributed by atoms with van der Waals surface area (Å²) >= 11 is 12.2. The van der Waals surface area contributed by atoms with Gasteiger partial charge in [0.25, 0.3) is 15.9 Å². The second kappa shape index (κ2) is 10.2. The van der Waals surface area contributed by atoms with Crippen LogP contribution in [0.3, 0.4) is 0 Å². The van der Waals surface area contributed by atoms with Gasteiger partial charge in [-0.3, -0.25) is 9.52 Å². The predicted molar refractivity (Wildman–Crippen MR) is 129 cm³/mol. The Bertz CT molecular complexity index is 1330. The Morgan fingerprint density at radius 1 is 0.939 bits per heavy atom. The second-order valence-electron chi connectivity index (χ2n) is 6.99. The van der Waals surface area contributed by atoms with E-state index in [0.717, 1.165) is 5.56 Å². The van der Waals surface area contributed by atoms with E-state index in [2.05, 4.69) is 10.0 Å². The molecule has 0 saturated heterocycles. The smallest absolute Gasteiger partial charge is 0.339 e. The summed E-state index contributed by atoms with van der Waals surface area (Å²) in [6.07, 6.45) is 0. The van der Waals surface area contributed by atoms with Gasteiger partial charge in [0.15, 0.2) is 0 Å². The van der Waals surface area contributed by atoms with Gasteiger partial charge in [-0.15, -0.1) is 0 Å². The first-order valence-corrected chi connectivity index (χ1v) is 12.0. The largest absolute Gasteiger partial charge is 0.462 e. The topological polar surface area (TPSA) is 102 Å². The van der Waals surface area contributed by atoms with E-state index in [4.69, 9.17) is 27.9 Å². The lowest BCUT2D eigenvalue weighted by Gasteiger charge is -2.12. The van der Waals surface area contributed by atoms with Crippen LogP contribution in [-0.4, -0.2) is 26.9 Å². The molecule has 0 aliphatic carbocycles. The van der Waals surface area contributed by atoms with Gasteiger partial charge in [-0.1, -0.05) is 35.3 Å². The Labute approximate surface area is 201 Å². The number of ether oxygens (including phenoxy) is 1. The van der Waals surface area contributed by atoms with E-state index in [1.54, 1.807) is 25.1 Å². The average Bonchev–Trinajstić information content (AvgIpc) is 2.75.